The van der Waals surface area contributed by atoms with Crippen molar-refractivity contribution in [1.82, 2.24) is 20.2 Å². The zero-order valence-corrected chi connectivity index (χ0v) is 20.5. The van der Waals surface area contributed by atoms with Crippen LogP contribution in [0.1, 0.15) is 67.6 Å². The second kappa shape index (κ2) is 9.89. The van der Waals surface area contributed by atoms with Gasteiger partial charge in [0.25, 0.3) is 0 Å². The molecule has 1 aromatic heterocycles. The summed E-state index contributed by atoms with van der Waals surface area (Å²) < 4.78 is 33.6. The van der Waals surface area contributed by atoms with Crippen LogP contribution in [-0.2, 0) is 10.3 Å². The molecule has 0 bridgehead atoms. The highest BCUT2D eigenvalue weighted by molar-refractivity contribution is 6.03. The Bertz CT molecular complexity index is 1280. The lowest BCUT2D eigenvalue weighted by molar-refractivity contribution is -0.135. The van der Waals surface area contributed by atoms with Crippen molar-refractivity contribution in [2.75, 3.05) is 13.1 Å². The van der Waals surface area contributed by atoms with Crippen LogP contribution in [-0.4, -0.2) is 44.9 Å². The van der Waals surface area contributed by atoms with E-state index in [0.29, 0.717) is 18.6 Å². The number of hydrogen-bond acceptors (Lipinski definition) is 6. The predicted molar refractivity (Wildman–Crippen MR) is 130 cm³/mol. The largest absolute Gasteiger partial charge is 0.295 e. The van der Waals surface area contributed by atoms with Gasteiger partial charge >= 0.3 is 0 Å². The van der Waals surface area contributed by atoms with Crippen LogP contribution in [0.2, 0.25) is 0 Å². The highest BCUT2D eigenvalue weighted by Gasteiger charge is 2.46. The van der Waals surface area contributed by atoms with Gasteiger partial charge in [-0.1, -0.05) is 40.6 Å². The van der Waals surface area contributed by atoms with Crippen LogP contribution < -0.4 is 0 Å². The van der Waals surface area contributed by atoms with Gasteiger partial charge in [0.2, 0.25) is 5.91 Å². The summed E-state index contributed by atoms with van der Waals surface area (Å²) in [7, 11) is 0. The Balaban J connectivity index is 1.43. The molecule has 3 aromatic rings. The number of halogens is 2. The number of amides is 1. The van der Waals surface area contributed by atoms with E-state index in [1.54, 1.807) is 0 Å². The van der Waals surface area contributed by atoms with E-state index in [-0.39, 0.29) is 17.5 Å². The molecule has 2 aromatic carbocycles. The summed E-state index contributed by atoms with van der Waals surface area (Å²) in [5, 5.41) is 14.1. The number of rotatable bonds is 7. The molecule has 1 saturated heterocycles. The topological polar surface area (TPSA) is 74.8 Å². The molecular formula is C27H29F2N5O2. The predicted octanol–water partition coefficient (Wildman–Crippen LogP) is 5.13. The van der Waals surface area contributed by atoms with E-state index in [1.807, 2.05) is 37.3 Å². The molecule has 0 N–H and O–H groups in total. The minimum Gasteiger partial charge on any atom is -0.295 e. The molecule has 1 unspecified atom stereocenters. The number of benzene rings is 2. The number of nitrogens with zero attached hydrogens (tertiary/aromatic N) is 5. The number of hydrazone groups is 1. The Hall–Kier alpha value is -3.46. The highest BCUT2D eigenvalue weighted by Crippen LogP contribution is 2.44. The molecule has 7 nitrogen and oxygen atoms in total. The van der Waals surface area contributed by atoms with Gasteiger partial charge in [-0.05, 0) is 69.5 Å². The summed E-state index contributed by atoms with van der Waals surface area (Å²) >= 11 is 0. The molecule has 36 heavy (non-hydrogen) atoms. The zero-order valence-electron chi connectivity index (χ0n) is 20.5. The molecule has 0 aliphatic carbocycles. The van der Waals surface area contributed by atoms with Crippen molar-refractivity contribution in [3.05, 3.63) is 82.7 Å². The lowest BCUT2D eigenvalue weighted by Crippen LogP contribution is -2.43. The normalized spacial score (nSPS) is 22.3. The minimum absolute atomic E-state index is 0.0904. The maximum Gasteiger partial charge on any atom is 0.240 e. The molecule has 2 atom stereocenters. The molecule has 2 aliphatic heterocycles. The number of likely N-dealkylation sites (tertiary alicyclic amines) is 1. The second-order valence-corrected chi connectivity index (χ2v) is 9.61. The summed E-state index contributed by atoms with van der Waals surface area (Å²) in [6, 6.07) is 13.2. The van der Waals surface area contributed by atoms with Gasteiger partial charge in [-0.3, -0.25) is 9.69 Å². The molecular weight excluding hydrogens is 464 g/mol. The first-order chi connectivity index (χ1) is 17.4. The number of carbonyl (C=O) groups is 1. The van der Waals surface area contributed by atoms with Crippen molar-refractivity contribution in [3.8, 4) is 0 Å². The Morgan fingerprint density at radius 2 is 1.97 bits per heavy atom. The quantitative estimate of drug-likeness (QED) is 0.456. The van der Waals surface area contributed by atoms with E-state index in [2.05, 4.69) is 20.3 Å². The van der Waals surface area contributed by atoms with E-state index >= 15 is 0 Å². The average Bonchev–Trinajstić information content (AvgIpc) is 3.60. The van der Waals surface area contributed by atoms with Crippen molar-refractivity contribution >= 4 is 11.6 Å². The van der Waals surface area contributed by atoms with Crippen molar-refractivity contribution in [2.45, 2.75) is 57.5 Å². The zero-order chi connectivity index (χ0) is 25.3. The third kappa shape index (κ3) is 4.43. The standard InChI is InChI=1S/C27H29F2N5O2/c1-18-26(32-36-31-18)25-10-6-14-33(25)15-7-13-27(20-8-4-3-5-9-20)17-24(30-34(27)19(2)35)22-16-21(28)11-12-23(22)29/h3-5,8-9,11-12,16,25H,6-7,10,13-15,17H2,1-2H3/t25?,27-/m1/s1. The van der Waals surface area contributed by atoms with Gasteiger partial charge in [0.05, 0.1) is 17.3 Å². The fourth-order valence-corrected chi connectivity index (χ4v) is 5.67. The van der Waals surface area contributed by atoms with Crippen LogP contribution in [0, 0.1) is 18.6 Å². The number of aryl methyl sites for hydroxylation is 1. The summed E-state index contributed by atoms with van der Waals surface area (Å²) in [5.74, 6) is -1.34. The van der Waals surface area contributed by atoms with Crippen molar-refractivity contribution in [2.24, 2.45) is 5.10 Å². The van der Waals surface area contributed by atoms with E-state index in [4.69, 9.17) is 4.63 Å². The minimum atomic E-state index is -0.790. The Labute approximate surface area is 208 Å². The maximum absolute atomic E-state index is 14.7. The van der Waals surface area contributed by atoms with Crippen LogP contribution in [0.5, 0.6) is 0 Å². The first-order valence-electron chi connectivity index (χ1n) is 12.3. The molecule has 9 heteroatoms. The van der Waals surface area contributed by atoms with E-state index in [0.717, 1.165) is 67.5 Å². The van der Waals surface area contributed by atoms with E-state index in [1.165, 1.54) is 11.9 Å². The third-order valence-corrected chi connectivity index (χ3v) is 7.34. The highest BCUT2D eigenvalue weighted by atomic mass is 19.1. The van der Waals surface area contributed by atoms with Gasteiger partial charge in [0.1, 0.15) is 23.0 Å². The molecule has 2 aliphatic rings. The SMILES string of the molecule is CC(=O)N1N=C(c2cc(F)ccc2F)C[C@]1(CCCN1CCCC1c1nonc1C)c1ccccc1. The van der Waals surface area contributed by atoms with E-state index < -0.39 is 17.2 Å². The summed E-state index contributed by atoms with van der Waals surface area (Å²) in [4.78, 5) is 15.2. The lowest BCUT2D eigenvalue weighted by atomic mass is 9.80. The smallest absolute Gasteiger partial charge is 0.240 e. The number of aromatic nitrogens is 2. The van der Waals surface area contributed by atoms with Gasteiger partial charge < -0.3 is 0 Å². The van der Waals surface area contributed by atoms with Crippen molar-refractivity contribution in [1.29, 1.82) is 0 Å². The van der Waals surface area contributed by atoms with Crippen molar-refractivity contribution < 1.29 is 18.2 Å². The molecule has 0 spiro atoms. The second-order valence-electron chi connectivity index (χ2n) is 9.61. The van der Waals surface area contributed by atoms with Gasteiger partial charge in [-0.15, -0.1) is 0 Å². The van der Waals surface area contributed by atoms with Gasteiger partial charge in [-0.25, -0.2) is 18.4 Å². The molecule has 0 saturated carbocycles. The Morgan fingerprint density at radius 1 is 1.17 bits per heavy atom. The fourth-order valence-electron chi connectivity index (χ4n) is 5.67. The average molecular weight is 494 g/mol. The first kappa shape index (κ1) is 24.2. The Morgan fingerprint density at radius 3 is 2.69 bits per heavy atom. The van der Waals surface area contributed by atoms with Crippen LogP contribution in [0.25, 0.3) is 0 Å². The molecule has 1 amide bonds. The molecule has 188 valence electrons. The van der Waals surface area contributed by atoms with Crippen molar-refractivity contribution in [3.63, 3.8) is 0 Å². The Kier molecular flexibility index (Phi) is 6.66. The molecule has 0 radical (unpaired) electrons. The summed E-state index contributed by atoms with van der Waals surface area (Å²) in [6.07, 6.45) is 3.73. The van der Waals surface area contributed by atoms with Gasteiger partial charge in [-0.2, -0.15) is 5.10 Å². The van der Waals surface area contributed by atoms with E-state index in [9.17, 15) is 13.6 Å². The van der Waals surface area contributed by atoms with Crippen LogP contribution in [0.15, 0.2) is 58.3 Å². The maximum atomic E-state index is 14.7. The molecule has 5 rings (SSSR count). The molecule has 1 fully saturated rings. The lowest BCUT2D eigenvalue weighted by Gasteiger charge is -2.37. The van der Waals surface area contributed by atoms with Crippen LogP contribution in [0.4, 0.5) is 8.78 Å². The van der Waals surface area contributed by atoms with Gasteiger partial charge in [0, 0.05) is 18.9 Å². The number of carbonyl (C=O) groups excluding carboxylic acids is 1. The summed E-state index contributed by atoms with van der Waals surface area (Å²) in [6.45, 7) is 5.10. The summed E-state index contributed by atoms with van der Waals surface area (Å²) in [5.41, 5.74) is 2.28. The third-order valence-electron chi connectivity index (χ3n) is 7.34. The monoisotopic (exact) mass is 493 g/mol. The van der Waals surface area contributed by atoms with Crippen LogP contribution >= 0.6 is 0 Å². The van der Waals surface area contributed by atoms with Gasteiger partial charge in [0.15, 0.2) is 0 Å². The van der Waals surface area contributed by atoms with Crippen LogP contribution in [0.3, 0.4) is 0 Å². The first-order valence-corrected chi connectivity index (χ1v) is 12.3. The molecule has 3 heterocycles. The number of hydrogen-bond donors (Lipinski definition) is 0. The fraction of sp³-hybridized carbons (Fsp3) is 0.407.